The van der Waals surface area contributed by atoms with E-state index in [1.165, 1.54) is 5.56 Å². The second-order valence-electron chi connectivity index (χ2n) is 3.60. The number of halogens is 2. The van der Waals surface area contributed by atoms with Crippen LogP contribution >= 0.6 is 23.2 Å². The zero-order valence-electron chi connectivity index (χ0n) is 8.97. The van der Waals surface area contributed by atoms with Crippen LogP contribution in [0.3, 0.4) is 0 Å². The zero-order chi connectivity index (χ0) is 11.1. The molecule has 0 saturated heterocycles. The van der Waals surface area contributed by atoms with Crippen molar-refractivity contribution in [3.05, 3.63) is 34.9 Å². The highest BCUT2D eigenvalue weighted by Gasteiger charge is 1.99. The van der Waals surface area contributed by atoms with E-state index in [4.69, 9.17) is 23.2 Å². The van der Waals surface area contributed by atoms with Crippen LogP contribution in [0.2, 0.25) is 5.02 Å². The van der Waals surface area contributed by atoms with Crippen molar-refractivity contribution in [2.75, 3.05) is 6.54 Å². The molecule has 1 unspecified atom stereocenters. The minimum atomic E-state index is 0.294. The summed E-state index contributed by atoms with van der Waals surface area (Å²) in [4.78, 5) is 0. The smallest absolute Gasteiger partial charge is 0.0406 e. The quantitative estimate of drug-likeness (QED) is 0.594. The van der Waals surface area contributed by atoms with E-state index in [0.29, 0.717) is 5.38 Å². The first-order valence-corrected chi connectivity index (χ1v) is 6.13. The van der Waals surface area contributed by atoms with Crippen LogP contribution in [0.1, 0.15) is 25.3 Å². The third-order valence-corrected chi connectivity index (χ3v) is 3.10. The zero-order valence-corrected chi connectivity index (χ0v) is 10.5. The van der Waals surface area contributed by atoms with Crippen molar-refractivity contribution in [1.29, 1.82) is 0 Å². The van der Waals surface area contributed by atoms with Crippen molar-refractivity contribution in [2.45, 2.75) is 31.7 Å². The van der Waals surface area contributed by atoms with Gasteiger partial charge in [-0.15, -0.1) is 11.6 Å². The van der Waals surface area contributed by atoms with E-state index in [1.54, 1.807) is 0 Å². The predicted molar refractivity (Wildman–Crippen MR) is 67.7 cm³/mol. The Morgan fingerprint density at radius 1 is 1.27 bits per heavy atom. The summed E-state index contributed by atoms with van der Waals surface area (Å²) in [5.74, 6) is 0. The second kappa shape index (κ2) is 7.10. The highest BCUT2D eigenvalue weighted by molar-refractivity contribution is 6.30. The molecule has 1 N–H and O–H groups in total. The molecular formula is C12H17Cl2N. The van der Waals surface area contributed by atoms with Crippen molar-refractivity contribution < 1.29 is 0 Å². The van der Waals surface area contributed by atoms with E-state index in [9.17, 15) is 0 Å². The molecule has 1 rings (SSSR count). The lowest BCUT2D eigenvalue weighted by atomic mass is 10.2. The number of rotatable bonds is 6. The highest BCUT2D eigenvalue weighted by Crippen LogP contribution is 2.09. The Hall–Kier alpha value is -0.240. The van der Waals surface area contributed by atoms with Crippen LogP contribution in [0.4, 0.5) is 0 Å². The molecule has 15 heavy (non-hydrogen) atoms. The number of alkyl halides is 1. The van der Waals surface area contributed by atoms with Crippen LogP contribution in [-0.2, 0) is 6.54 Å². The maximum absolute atomic E-state index is 6.01. The van der Waals surface area contributed by atoms with E-state index in [1.807, 2.05) is 24.3 Å². The Labute approximate surface area is 102 Å². The maximum atomic E-state index is 6.01. The fourth-order valence-corrected chi connectivity index (χ4v) is 1.53. The molecule has 0 heterocycles. The van der Waals surface area contributed by atoms with Gasteiger partial charge in [0.05, 0.1) is 0 Å². The molecular weight excluding hydrogens is 229 g/mol. The van der Waals surface area contributed by atoms with Gasteiger partial charge in [-0.25, -0.2) is 0 Å². The maximum Gasteiger partial charge on any atom is 0.0406 e. The Kier molecular flexibility index (Phi) is 6.07. The summed E-state index contributed by atoms with van der Waals surface area (Å²) in [6.07, 6.45) is 2.05. The summed E-state index contributed by atoms with van der Waals surface area (Å²) in [6.45, 7) is 3.95. The molecule has 0 aromatic heterocycles. The molecule has 0 aliphatic carbocycles. The van der Waals surface area contributed by atoms with Crippen LogP contribution in [0.25, 0.3) is 0 Å². The first-order valence-electron chi connectivity index (χ1n) is 5.31. The summed E-state index contributed by atoms with van der Waals surface area (Å²) in [5.41, 5.74) is 1.25. The SMILES string of the molecule is CCC(Cl)CCNCc1ccc(Cl)cc1. The molecule has 0 amide bonds. The minimum absolute atomic E-state index is 0.294. The first kappa shape index (κ1) is 12.8. The lowest BCUT2D eigenvalue weighted by molar-refractivity contribution is 0.622. The monoisotopic (exact) mass is 245 g/mol. The average Bonchev–Trinajstić information content (AvgIpc) is 2.26. The van der Waals surface area contributed by atoms with E-state index in [0.717, 1.165) is 31.0 Å². The van der Waals surface area contributed by atoms with Gasteiger partial charge < -0.3 is 5.32 Å². The molecule has 1 aromatic rings. The van der Waals surface area contributed by atoms with Gasteiger partial charge in [-0.1, -0.05) is 30.7 Å². The summed E-state index contributed by atoms with van der Waals surface area (Å²) in [5, 5.41) is 4.44. The topological polar surface area (TPSA) is 12.0 Å². The average molecular weight is 246 g/mol. The van der Waals surface area contributed by atoms with Gasteiger partial charge in [0.25, 0.3) is 0 Å². The van der Waals surface area contributed by atoms with Crippen molar-refractivity contribution in [2.24, 2.45) is 0 Å². The van der Waals surface area contributed by atoms with Crippen LogP contribution in [0.15, 0.2) is 24.3 Å². The van der Waals surface area contributed by atoms with Crippen molar-refractivity contribution in [1.82, 2.24) is 5.32 Å². The molecule has 84 valence electrons. The summed E-state index contributed by atoms with van der Waals surface area (Å²) in [6, 6.07) is 7.89. The molecule has 0 aliphatic heterocycles. The van der Waals surface area contributed by atoms with Gasteiger partial charge in [0.1, 0.15) is 0 Å². The van der Waals surface area contributed by atoms with Gasteiger partial charge in [-0.05, 0) is 37.1 Å². The second-order valence-corrected chi connectivity index (χ2v) is 4.65. The molecule has 1 aromatic carbocycles. The molecule has 3 heteroatoms. The van der Waals surface area contributed by atoms with Crippen LogP contribution < -0.4 is 5.32 Å². The summed E-state index contributed by atoms with van der Waals surface area (Å²) in [7, 11) is 0. The van der Waals surface area contributed by atoms with Gasteiger partial charge in [0.15, 0.2) is 0 Å². The largest absolute Gasteiger partial charge is 0.313 e. The standard InChI is InChI=1S/C12H17Cl2N/c1-2-11(13)7-8-15-9-10-3-5-12(14)6-4-10/h3-6,11,15H,2,7-9H2,1H3. The fraction of sp³-hybridized carbons (Fsp3) is 0.500. The summed E-state index contributed by atoms with van der Waals surface area (Å²) >= 11 is 11.8. The third kappa shape index (κ3) is 5.41. The Bertz CT molecular complexity index is 271. The van der Waals surface area contributed by atoms with Crippen molar-refractivity contribution >= 4 is 23.2 Å². The minimum Gasteiger partial charge on any atom is -0.313 e. The van der Waals surface area contributed by atoms with Gasteiger partial charge in [-0.2, -0.15) is 0 Å². The lowest BCUT2D eigenvalue weighted by Crippen LogP contribution is -2.17. The van der Waals surface area contributed by atoms with Crippen molar-refractivity contribution in [3.63, 3.8) is 0 Å². The molecule has 0 spiro atoms. The molecule has 0 saturated carbocycles. The normalized spacial score (nSPS) is 12.7. The number of nitrogens with one attached hydrogen (secondary N) is 1. The Balaban J connectivity index is 2.17. The van der Waals surface area contributed by atoms with E-state index in [-0.39, 0.29) is 0 Å². The van der Waals surface area contributed by atoms with Gasteiger partial charge in [0.2, 0.25) is 0 Å². The molecule has 0 aliphatic rings. The van der Waals surface area contributed by atoms with E-state index >= 15 is 0 Å². The van der Waals surface area contributed by atoms with Gasteiger partial charge in [-0.3, -0.25) is 0 Å². The first-order chi connectivity index (χ1) is 7.22. The summed E-state index contributed by atoms with van der Waals surface area (Å²) < 4.78 is 0. The molecule has 0 radical (unpaired) electrons. The predicted octanol–water partition coefficient (Wildman–Crippen LogP) is 3.84. The molecule has 0 bridgehead atoms. The van der Waals surface area contributed by atoms with Crippen LogP contribution in [0, 0.1) is 0 Å². The molecule has 1 nitrogen and oxygen atoms in total. The van der Waals surface area contributed by atoms with Crippen LogP contribution in [-0.4, -0.2) is 11.9 Å². The fourth-order valence-electron chi connectivity index (χ4n) is 1.30. The lowest BCUT2D eigenvalue weighted by Gasteiger charge is -2.07. The van der Waals surface area contributed by atoms with Gasteiger partial charge >= 0.3 is 0 Å². The number of hydrogen-bond acceptors (Lipinski definition) is 1. The van der Waals surface area contributed by atoms with E-state index in [2.05, 4.69) is 12.2 Å². The van der Waals surface area contributed by atoms with Crippen LogP contribution in [0.5, 0.6) is 0 Å². The van der Waals surface area contributed by atoms with Gasteiger partial charge in [0, 0.05) is 16.9 Å². The Morgan fingerprint density at radius 3 is 2.53 bits per heavy atom. The van der Waals surface area contributed by atoms with Crippen molar-refractivity contribution in [3.8, 4) is 0 Å². The highest BCUT2D eigenvalue weighted by atomic mass is 35.5. The van der Waals surface area contributed by atoms with E-state index < -0.39 is 0 Å². The molecule has 0 fully saturated rings. The third-order valence-electron chi connectivity index (χ3n) is 2.32. The number of benzene rings is 1. The Morgan fingerprint density at radius 2 is 1.93 bits per heavy atom. The number of hydrogen-bond donors (Lipinski definition) is 1. The molecule has 1 atom stereocenters.